The van der Waals surface area contributed by atoms with Gasteiger partial charge in [-0.05, 0) is 19.2 Å². The van der Waals surface area contributed by atoms with Crippen molar-refractivity contribution >= 4 is 23.2 Å². The number of carbonyl (C=O) groups is 1. The SMILES string of the molecule is CNCC(=O)Nc1cccc(Cl)c1OC. The minimum absolute atomic E-state index is 0.141. The molecule has 82 valence electrons. The third-order valence-electron chi connectivity index (χ3n) is 1.78. The van der Waals surface area contributed by atoms with Gasteiger partial charge in [0, 0.05) is 0 Å². The molecule has 15 heavy (non-hydrogen) atoms. The van der Waals surface area contributed by atoms with Crippen LogP contribution in [-0.4, -0.2) is 26.6 Å². The fraction of sp³-hybridized carbons (Fsp3) is 0.300. The lowest BCUT2D eigenvalue weighted by Gasteiger charge is -2.10. The van der Waals surface area contributed by atoms with E-state index < -0.39 is 0 Å². The lowest BCUT2D eigenvalue weighted by atomic mass is 10.3. The molecule has 0 heterocycles. The van der Waals surface area contributed by atoms with Crippen LogP contribution < -0.4 is 15.4 Å². The summed E-state index contributed by atoms with van der Waals surface area (Å²) in [5.41, 5.74) is 0.574. The summed E-state index contributed by atoms with van der Waals surface area (Å²) in [4.78, 5) is 11.3. The largest absolute Gasteiger partial charge is 0.493 e. The number of anilines is 1. The second-order valence-corrected chi connectivity index (χ2v) is 3.31. The molecular formula is C10H13ClN2O2. The minimum Gasteiger partial charge on any atom is -0.493 e. The van der Waals surface area contributed by atoms with Crippen LogP contribution in [0.3, 0.4) is 0 Å². The van der Waals surface area contributed by atoms with Crippen molar-refractivity contribution in [1.82, 2.24) is 5.32 Å². The zero-order valence-electron chi connectivity index (χ0n) is 8.63. The van der Waals surface area contributed by atoms with E-state index in [4.69, 9.17) is 16.3 Å². The van der Waals surface area contributed by atoms with Crippen molar-refractivity contribution in [3.8, 4) is 5.75 Å². The summed E-state index contributed by atoms with van der Waals surface area (Å²) >= 11 is 5.90. The number of amides is 1. The molecule has 0 radical (unpaired) electrons. The van der Waals surface area contributed by atoms with E-state index in [2.05, 4.69) is 10.6 Å². The molecule has 0 aliphatic rings. The maximum Gasteiger partial charge on any atom is 0.238 e. The van der Waals surface area contributed by atoms with E-state index in [9.17, 15) is 4.79 Å². The number of halogens is 1. The summed E-state index contributed by atoms with van der Waals surface area (Å²) in [6, 6.07) is 5.19. The van der Waals surface area contributed by atoms with Crippen molar-refractivity contribution in [3.63, 3.8) is 0 Å². The molecule has 0 unspecified atom stereocenters. The first kappa shape index (κ1) is 11.8. The number of hydrogen-bond donors (Lipinski definition) is 2. The average molecular weight is 229 g/mol. The molecule has 0 bridgehead atoms. The van der Waals surface area contributed by atoms with Gasteiger partial charge in [-0.25, -0.2) is 0 Å². The van der Waals surface area contributed by atoms with E-state index in [0.29, 0.717) is 16.5 Å². The highest BCUT2D eigenvalue weighted by atomic mass is 35.5. The van der Waals surface area contributed by atoms with Crippen molar-refractivity contribution in [2.75, 3.05) is 26.0 Å². The van der Waals surface area contributed by atoms with Crippen LogP contribution in [0.2, 0.25) is 5.02 Å². The Bertz CT molecular complexity index is 355. The molecular weight excluding hydrogens is 216 g/mol. The number of ether oxygens (including phenoxy) is 1. The van der Waals surface area contributed by atoms with Gasteiger partial charge in [0.1, 0.15) is 0 Å². The topological polar surface area (TPSA) is 50.4 Å². The summed E-state index contributed by atoms with van der Waals surface area (Å²) in [5.74, 6) is 0.335. The van der Waals surface area contributed by atoms with E-state index in [1.807, 2.05) is 0 Å². The van der Waals surface area contributed by atoms with Crippen molar-refractivity contribution in [2.45, 2.75) is 0 Å². The lowest BCUT2D eigenvalue weighted by Crippen LogP contribution is -2.25. The van der Waals surface area contributed by atoms with Gasteiger partial charge in [0.25, 0.3) is 0 Å². The number of nitrogens with one attached hydrogen (secondary N) is 2. The van der Waals surface area contributed by atoms with E-state index in [0.717, 1.165) is 0 Å². The first-order valence-corrected chi connectivity index (χ1v) is 4.83. The summed E-state index contributed by atoms with van der Waals surface area (Å²) in [5, 5.41) is 5.92. The highest BCUT2D eigenvalue weighted by Gasteiger charge is 2.09. The number of rotatable bonds is 4. The molecule has 0 saturated heterocycles. The predicted octanol–water partition coefficient (Wildman–Crippen LogP) is 1.51. The molecule has 2 N–H and O–H groups in total. The van der Waals surface area contributed by atoms with Gasteiger partial charge in [-0.15, -0.1) is 0 Å². The molecule has 0 aliphatic carbocycles. The number of methoxy groups -OCH3 is 1. The normalized spacial score (nSPS) is 9.80. The maximum absolute atomic E-state index is 11.3. The number of hydrogen-bond acceptors (Lipinski definition) is 3. The monoisotopic (exact) mass is 228 g/mol. The second kappa shape index (κ2) is 5.58. The van der Waals surface area contributed by atoms with Crippen molar-refractivity contribution < 1.29 is 9.53 Å². The number of likely N-dealkylation sites (N-methyl/N-ethyl adjacent to an activating group) is 1. The molecule has 0 fully saturated rings. The maximum atomic E-state index is 11.3. The van der Waals surface area contributed by atoms with Gasteiger partial charge < -0.3 is 15.4 Å². The van der Waals surface area contributed by atoms with Gasteiger partial charge in [-0.2, -0.15) is 0 Å². The summed E-state index contributed by atoms with van der Waals surface area (Å²) in [7, 11) is 3.21. The van der Waals surface area contributed by atoms with E-state index >= 15 is 0 Å². The Morgan fingerprint density at radius 1 is 1.53 bits per heavy atom. The third kappa shape index (κ3) is 3.11. The standard InChI is InChI=1S/C10H13ClN2O2/c1-12-6-9(14)13-8-5-3-4-7(11)10(8)15-2/h3-5,12H,6H2,1-2H3,(H,13,14). The number of carbonyl (C=O) groups excluding carboxylic acids is 1. The molecule has 0 saturated carbocycles. The van der Waals surface area contributed by atoms with Gasteiger partial charge in [-0.1, -0.05) is 17.7 Å². The Labute approximate surface area is 93.6 Å². The van der Waals surface area contributed by atoms with E-state index in [-0.39, 0.29) is 12.5 Å². The van der Waals surface area contributed by atoms with Crippen LogP contribution in [0.5, 0.6) is 5.75 Å². The fourth-order valence-electron chi connectivity index (χ4n) is 1.17. The van der Waals surface area contributed by atoms with E-state index in [1.165, 1.54) is 7.11 Å². The van der Waals surface area contributed by atoms with Crippen LogP contribution in [-0.2, 0) is 4.79 Å². The molecule has 1 aromatic carbocycles. The Hall–Kier alpha value is -1.26. The van der Waals surface area contributed by atoms with Crippen LogP contribution in [0.1, 0.15) is 0 Å². The summed E-state index contributed by atoms with van der Waals surface area (Å²) < 4.78 is 5.09. The van der Waals surface area contributed by atoms with Crippen LogP contribution in [0.15, 0.2) is 18.2 Å². The summed E-state index contributed by atoms with van der Waals surface area (Å²) in [6.07, 6.45) is 0. The highest BCUT2D eigenvalue weighted by Crippen LogP contribution is 2.32. The number of para-hydroxylation sites is 1. The molecule has 1 rings (SSSR count). The quantitative estimate of drug-likeness (QED) is 0.821. The molecule has 1 aromatic rings. The van der Waals surface area contributed by atoms with Gasteiger partial charge in [0.05, 0.1) is 24.4 Å². The van der Waals surface area contributed by atoms with Crippen molar-refractivity contribution in [1.29, 1.82) is 0 Å². The van der Waals surface area contributed by atoms with E-state index in [1.54, 1.807) is 25.2 Å². The van der Waals surface area contributed by atoms with Gasteiger partial charge in [0.2, 0.25) is 5.91 Å². The van der Waals surface area contributed by atoms with Gasteiger partial charge in [-0.3, -0.25) is 4.79 Å². The Morgan fingerprint density at radius 3 is 2.87 bits per heavy atom. The van der Waals surface area contributed by atoms with Crippen LogP contribution in [0, 0.1) is 0 Å². The molecule has 5 heteroatoms. The van der Waals surface area contributed by atoms with Gasteiger partial charge in [0.15, 0.2) is 5.75 Å². The molecule has 1 amide bonds. The first-order chi connectivity index (χ1) is 7.19. The zero-order valence-corrected chi connectivity index (χ0v) is 9.39. The van der Waals surface area contributed by atoms with Crippen LogP contribution >= 0.6 is 11.6 Å². The lowest BCUT2D eigenvalue weighted by molar-refractivity contribution is -0.115. The third-order valence-corrected chi connectivity index (χ3v) is 2.08. The predicted molar refractivity (Wildman–Crippen MR) is 60.6 cm³/mol. The van der Waals surface area contributed by atoms with Crippen LogP contribution in [0.4, 0.5) is 5.69 Å². The Balaban J connectivity index is 2.84. The highest BCUT2D eigenvalue weighted by molar-refractivity contribution is 6.32. The molecule has 0 aliphatic heterocycles. The Morgan fingerprint density at radius 2 is 2.27 bits per heavy atom. The van der Waals surface area contributed by atoms with Gasteiger partial charge >= 0.3 is 0 Å². The zero-order chi connectivity index (χ0) is 11.3. The smallest absolute Gasteiger partial charge is 0.238 e. The molecule has 0 aromatic heterocycles. The van der Waals surface area contributed by atoms with Crippen LogP contribution in [0.25, 0.3) is 0 Å². The molecule has 0 atom stereocenters. The first-order valence-electron chi connectivity index (χ1n) is 4.46. The van der Waals surface area contributed by atoms with Crippen molar-refractivity contribution in [3.05, 3.63) is 23.2 Å². The average Bonchev–Trinajstić information content (AvgIpc) is 2.18. The fourth-order valence-corrected chi connectivity index (χ4v) is 1.42. The Kier molecular flexibility index (Phi) is 4.39. The molecule has 4 nitrogen and oxygen atoms in total. The molecule has 0 spiro atoms. The van der Waals surface area contributed by atoms with Crippen molar-refractivity contribution in [2.24, 2.45) is 0 Å². The number of benzene rings is 1. The summed E-state index contributed by atoms with van der Waals surface area (Å²) in [6.45, 7) is 0.246. The minimum atomic E-state index is -0.141. The second-order valence-electron chi connectivity index (χ2n) is 2.90.